The third-order valence-corrected chi connectivity index (χ3v) is 5.62. The predicted molar refractivity (Wildman–Crippen MR) is 85.7 cm³/mol. The summed E-state index contributed by atoms with van der Waals surface area (Å²) in [4.78, 5) is 18.9. The molecule has 2 heterocycles. The highest BCUT2D eigenvalue weighted by molar-refractivity contribution is 7.92. The molecule has 2 aromatic rings. The molecular weight excluding hydrogens is 298 g/mol. The van der Waals surface area contributed by atoms with E-state index in [0.717, 1.165) is 12.0 Å². The maximum absolute atomic E-state index is 12.8. The first-order valence-corrected chi connectivity index (χ1v) is 8.88. The number of para-hydroxylation sites is 1. The smallest absolute Gasteiger partial charge is 0.276 e. The lowest BCUT2D eigenvalue weighted by Gasteiger charge is -2.30. The summed E-state index contributed by atoms with van der Waals surface area (Å²) in [6.07, 6.45) is 2.47. The Morgan fingerprint density at radius 2 is 2.14 bits per heavy atom. The molecule has 0 saturated heterocycles. The van der Waals surface area contributed by atoms with Gasteiger partial charge < -0.3 is 4.90 Å². The lowest BCUT2D eigenvalue weighted by Crippen LogP contribution is -2.39. The van der Waals surface area contributed by atoms with E-state index in [2.05, 4.69) is 4.98 Å². The Kier molecular flexibility index (Phi) is 3.70. The molecule has 0 radical (unpaired) electrons. The molecule has 1 aromatic heterocycles. The number of nitrogens with one attached hydrogen (secondary N) is 1. The van der Waals surface area contributed by atoms with E-state index in [1.165, 1.54) is 0 Å². The number of rotatable bonds is 2. The molecule has 1 aromatic carbocycles. The van der Waals surface area contributed by atoms with E-state index >= 15 is 0 Å². The Hall–Kier alpha value is -2.21. The van der Waals surface area contributed by atoms with E-state index in [0.29, 0.717) is 16.3 Å². The van der Waals surface area contributed by atoms with Crippen molar-refractivity contribution in [3.05, 3.63) is 53.9 Å². The minimum atomic E-state index is -2.82. The van der Waals surface area contributed by atoms with Gasteiger partial charge in [-0.05, 0) is 36.2 Å². The number of nitrogens with zero attached hydrogens (tertiary/aromatic N) is 2. The van der Waals surface area contributed by atoms with Crippen molar-refractivity contribution >= 4 is 21.3 Å². The van der Waals surface area contributed by atoms with E-state index in [4.69, 9.17) is 4.78 Å². The molecule has 22 heavy (non-hydrogen) atoms. The highest BCUT2D eigenvalue weighted by Gasteiger charge is 2.30. The van der Waals surface area contributed by atoms with Crippen LogP contribution in [-0.2, 0) is 16.1 Å². The van der Waals surface area contributed by atoms with Crippen molar-refractivity contribution < 1.29 is 9.00 Å². The van der Waals surface area contributed by atoms with Crippen LogP contribution in [0.4, 0.5) is 5.69 Å². The van der Waals surface area contributed by atoms with Gasteiger partial charge in [-0.25, -0.2) is 8.99 Å². The Balaban J connectivity index is 2.04. The van der Waals surface area contributed by atoms with Gasteiger partial charge in [0.2, 0.25) is 0 Å². The molecule has 1 amide bonds. The number of fused-ring (bicyclic) bond motifs is 1. The van der Waals surface area contributed by atoms with Crippen molar-refractivity contribution in [1.82, 2.24) is 4.98 Å². The molecule has 1 aliphatic rings. The quantitative estimate of drug-likeness (QED) is 0.926. The zero-order chi connectivity index (χ0) is 15.7. The van der Waals surface area contributed by atoms with Crippen LogP contribution >= 0.6 is 0 Å². The summed E-state index contributed by atoms with van der Waals surface area (Å²) in [5, 5.41) is 0. The molecule has 1 atom stereocenters. The summed E-state index contributed by atoms with van der Waals surface area (Å²) in [5.41, 5.74) is 1.99. The number of aryl methyl sites for hydroxylation is 1. The number of carbonyl (C=O) groups excluding carboxylic acids is 1. The summed E-state index contributed by atoms with van der Waals surface area (Å²) in [6, 6.07) is 10.6. The van der Waals surface area contributed by atoms with E-state index in [1.807, 2.05) is 13.0 Å². The summed E-state index contributed by atoms with van der Waals surface area (Å²) in [6.45, 7) is 2.30. The highest BCUT2D eigenvalue weighted by atomic mass is 32.2. The molecule has 0 aliphatic carbocycles. The highest BCUT2D eigenvalue weighted by Crippen LogP contribution is 2.31. The maximum Gasteiger partial charge on any atom is 0.276 e. The number of hydrogen-bond acceptors (Lipinski definition) is 4. The molecule has 0 bridgehead atoms. The van der Waals surface area contributed by atoms with Gasteiger partial charge in [-0.2, -0.15) is 0 Å². The van der Waals surface area contributed by atoms with Crippen molar-refractivity contribution in [2.75, 3.05) is 17.2 Å². The number of hydrogen-bond donors (Lipinski definition) is 1. The van der Waals surface area contributed by atoms with Crippen molar-refractivity contribution in [3.63, 3.8) is 0 Å². The second-order valence-corrected chi connectivity index (χ2v) is 7.41. The molecule has 1 N–H and O–H groups in total. The second kappa shape index (κ2) is 5.53. The van der Waals surface area contributed by atoms with Gasteiger partial charge in [0.05, 0.1) is 26.1 Å². The van der Waals surface area contributed by atoms with Gasteiger partial charge in [0.25, 0.3) is 5.91 Å². The topological polar surface area (TPSA) is 74.1 Å². The fraction of sp³-hybridized carbons (Fsp3) is 0.250. The molecule has 1 aliphatic heterocycles. The van der Waals surface area contributed by atoms with Crippen LogP contribution in [0.25, 0.3) is 0 Å². The molecule has 0 saturated carbocycles. The number of carbonyl (C=O) groups is 1. The third kappa shape index (κ3) is 2.50. The second-order valence-electron chi connectivity index (χ2n) is 5.21. The van der Waals surface area contributed by atoms with Crippen LogP contribution in [-0.4, -0.2) is 27.4 Å². The predicted octanol–water partition coefficient (Wildman–Crippen LogP) is 2.71. The average molecular weight is 315 g/mol. The Morgan fingerprint density at radius 3 is 2.91 bits per heavy atom. The number of pyridine rings is 1. The van der Waals surface area contributed by atoms with Crippen LogP contribution in [0, 0.1) is 4.78 Å². The van der Waals surface area contributed by atoms with Crippen molar-refractivity contribution in [2.24, 2.45) is 0 Å². The maximum atomic E-state index is 12.8. The Bertz CT molecular complexity index is 831. The van der Waals surface area contributed by atoms with Gasteiger partial charge in [-0.15, -0.1) is 0 Å². The molecule has 3 rings (SSSR count). The van der Waals surface area contributed by atoms with E-state index in [9.17, 15) is 9.00 Å². The zero-order valence-electron chi connectivity index (χ0n) is 12.3. The van der Waals surface area contributed by atoms with E-state index in [1.54, 1.807) is 41.4 Å². The van der Waals surface area contributed by atoms with E-state index < -0.39 is 9.73 Å². The number of anilines is 1. The van der Waals surface area contributed by atoms with Crippen molar-refractivity contribution in [1.29, 1.82) is 4.78 Å². The van der Waals surface area contributed by atoms with Crippen LogP contribution in [0.1, 0.15) is 23.0 Å². The Morgan fingerprint density at radius 1 is 1.36 bits per heavy atom. The van der Waals surface area contributed by atoms with Crippen molar-refractivity contribution in [2.45, 2.75) is 18.2 Å². The van der Waals surface area contributed by atoms with Gasteiger partial charge in [0.1, 0.15) is 5.69 Å². The molecule has 0 fully saturated rings. The van der Waals surface area contributed by atoms with E-state index in [-0.39, 0.29) is 18.2 Å². The molecule has 6 heteroatoms. The first kappa shape index (κ1) is 14.7. The third-order valence-electron chi connectivity index (χ3n) is 3.81. The van der Waals surface area contributed by atoms with Crippen LogP contribution in [0.5, 0.6) is 0 Å². The monoisotopic (exact) mass is 315 g/mol. The van der Waals surface area contributed by atoms with Gasteiger partial charge >= 0.3 is 0 Å². The largest absolute Gasteiger partial charge is 0.305 e. The normalized spacial score (nSPS) is 20.5. The lowest BCUT2D eigenvalue weighted by atomic mass is 10.1. The van der Waals surface area contributed by atoms with Crippen LogP contribution in [0.15, 0.2) is 47.5 Å². The first-order chi connectivity index (χ1) is 10.5. The van der Waals surface area contributed by atoms with Gasteiger partial charge in [-0.1, -0.05) is 19.1 Å². The Labute approximate surface area is 130 Å². The minimum Gasteiger partial charge on any atom is -0.305 e. The first-order valence-electron chi connectivity index (χ1n) is 7.15. The van der Waals surface area contributed by atoms with Crippen LogP contribution < -0.4 is 4.90 Å². The molecule has 1 unspecified atom stereocenters. The average Bonchev–Trinajstić information content (AvgIpc) is 2.55. The number of amides is 1. The number of aromatic nitrogens is 1. The standard InChI is InChI=1S/C16H17N3O2S/c1-2-12-7-8-18-13(11-12)16(20)19-9-10-22(17,21)15-6-4-3-5-14(15)19/h3-8,11,17H,2,9-10H2,1H3. The summed E-state index contributed by atoms with van der Waals surface area (Å²) >= 11 is 0. The van der Waals surface area contributed by atoms with Gasteiger partial charge in [0.15, 0.2) is 0 Å². The minimum absolute atomic E-state index is 0.156. The molecule has 114 valence electrons. The fourth-order valence-corrected chi connectivity index (χ4v) is 4.04. The lowest BCUT2D eigenvalue weighted by molar-refractivity contribution is 0.0982. The SMILES string of the molecule is CCc1ccnc(C(=O)N2CCS(=N)(=O)c3ccccc32)c1. The fourth-order valence-electron chi connectivity index (χ4n) is 2.57. The summed E-state index contributed by atoms with van der Waals surface area (Å²) in [5.74, 6) is -0.0545. The zero-order valence-corrected chi connectivity index (χ0v) is 13.1. The molecule has 5 nitrogen and oxygen atoms in total. The molecule has 0 spiro atoms. The van der Waals surface area contributed by atoms with Crippen LogP contribution in [0.2, 0.25) is 0 Å². The van der Waals surface area contributed by atoms with Crippen LogP contribution in [0.3, 0.4) is 0 Å². The number of benzene rings is 1. The summed E-state index contributed by atoms with van der Waals surface area (Å²) in [7, 11) is -2.82. The van der Waals surface area contributed by atoms with Gasteiger partial charge in [-0.3, -0.25) is 9.78 Å². The summed E-state index contributed by atoms with van der Waals surface area (Å²) < 4.78 is 20.3. The van der Waals surface area contributed by atoms with Gasteiger partial charge in [0, 0.05) is 12.7 Å². The molecular formula is C16H17N3O2S. The van der Waals surface area contributed by atoms with Crippen molar-refractivity contribution in [3.8, 4) is 0 Å².